The maximum atomic E-state index is 12.4. The largest absolute Gasteiger partial charge is 0.355 e. The fourth-order valence-electron chi connectivity index (χ4n) is 2.51. The number of hydrogen-bond donors (Lipinski definition) is 2. The molecule has 0 aromatic carbocycles. The minimum Gasteiger partial charge on any atom is -0.355 e. The first-order valence-electron chi connectivity index (χ1n) is 7.60. The number of likely N-dealkylation sites (N-methyl/N-ethyl adjacent to an activating group) is 1. The highest BCUT2D eigenvalue weighted by Gasteiger charge is 2.23. The lowest BCUT2D eigenvalue weighted by Crippen LogP contribution is -2.51. The smallest absolute Gasteiger partial charge is 0.270 e. The zero-order valence-electron chi connectivity index (χ0n) is 12.8. The Balaban J connectivity index is 1.83. The Labute approximate surface area is 125 Å². The molecule has 2 N–H and O–H groups in total. The third-order valence-corrected chi connectivity index (χ3v) is 3.76. The van der Waals surface area contributed by atoms with E-state index in [0.29, 0.717) is 31.9 Å². The standard InChI is InChI=1S/C15H24N4O2/c1-3-12-5-6-13(17-12)15(21)19-9-7-18(8-10-19)11-14(20)16-4-2/h5-6,17H,3-4,7-11H2,1-2H3,(H,16,20). The summed E-state index contributed by atoms with van der Waals surface area (Å²) in [5, 5.41) is 2.80. The number of aromatic nitrogens is 1. The number of piperazine rings is 1. The molecule has 2 amide bonds. The van der Waals surface area contributed by atoms with Gasteiger partial charge in [0, 0.05) is 38.4 Å². The maximum absolute atomic E-state index is 12.4. The minimum absolute atomic E-state index is 0.0485. The van der Waals surface area contributed by atoms with E-state index >= 15 is 0 Å². The van der Waals surface area contributed by atoms with Crippen molar-refractivity contribution in [3.8, 4) is 0 Å². The molecule has 0 atom stereocenters. The quantitative estimate of drug-likeness (QED) is 0.829. The number of hydrogen-bond acceptors (Lipinski definition) is 3. The summed E-state index contributed by atoms with van der Waals surface area (Å²) in [5.74, 6) is 0.0987. The molecule has 0 bridgehead atoms. The van der Waals surface area contributed by atoms with E-state index in [0.717, 1.165) is 25.2 Å². The predicted molar refractivity (Wildman–Crippen MR) is 81.2 cm³/mol. The molecule has 6 heteroatoms. The van der Waals surface area contributed by atoms with Crippen LogP contribution >= 0.6 is 0 Å². The Hall–Kier alpha value is -1.82. The van der Waals surface area contributed by atoms with Gasteiger partial charge in [-0.3, -0.25) is 14.5 Å². The molecule has 6 nitrogen and oxygen atoms in total. The van der Waals surface area contributed by atoms with Gasteiger partial charge in [0.05, 0.1) is 6.54 Å². The SMILES string of the molecule is CCNC(=O)CN1CCN(C(=O)c2ccc(CC)[nH]2)CC1. The second kappa shape index (κ2) is 7.26. The van der Waals surface area contributed by atoms with Gasteiger partial charge in [0.1, 0.15) is 5.69 Å². The molecule has 2 heterocycles. The maximum Gasteiger partial charge on any atom is 0.270 e. The van der Waals surface area contributed by atoms with Crippen molar-refractivity contribution >= 4 is 11.8 Å². The Bertz CT molecular complexity index is 490. The molecule has 2 rings (SSSR count). The first-order chi connectivity index (χ1) is 10.1. The number of carbonyl (C=O) groups is 2. The van der Waals surface area contributed by atoms with Crippen LogP contribution in [0.3, 0.4) is 0 Å². The van der Waals surface area contributed by atoms with Gasteiger partial charge in [0.15, 0.2) is 0 Å². The number of nitrogens with one attached hydrogen (secondary N) is 2. The van der Waals surface area contributed by atoms with Gasteiger partial charge in [-0.1, -0.05) is 6.92 Å². The summed E-state index contributed by atoms with van der Waals surface area (Å²) >= 11 is 0. The Kier molecular flexibility index (Phi) is 5.38. The van der Waals surface area contributed by atoms with Gasteiger partial charge in [0.25, 0.3) is 5.91 Å². The summed E-state index contributed by atoms with van der Waals surface area (Å²) in [4.78, 5) is 31.0. The Morgan fingerprint density at radius 1 is 1.19 bits per heavy atom. The second-order valence-corrected chi connectivity index (χ2v) is 5.27. The fraction of sp³-hybridized carbons (Fsp3) is 0.600. The number of H-pyrrole nitrogens is 1. The van der Waals surface area contributed by atoms with Crippen molar-refractivity contribution in [1.82, 2.24) is 20.1 Å². The average molecular weight is 292 g/mol. The number of rotatable bonds is 5. The van der Waals surface area contributed by atoms with E-state index in [2.05, 4.69) is 22.1 Å². The lowest BCUT2D eigenvalue weighted by Gasteiger charge is -2.34. The van der Waals surface area contributed by atoms with Gasteiger partial charge >= 0.3 is 0 Å². The third-order valence-electron chi connectivity index (χ3n) is 3.76. The summed E-state index contributed by atoms with van der Waals surface area (Å²) in [6, 6.07) is 3.81. The number of aryl methyl sites for hydroxylation is 1. The van der Waals surface area contributed by atoms with Crippen LogP contribution in [0, 0.1) is 0 Å². The summed E-state index contributed by atoms with van der Waals surface area (Å²) in [6.45, 7) is 7.85. The van der Waals surface area contributed by atoms with Crippen molar-refractivity contribution in [2.45, 2.75) is 20.3 Å². The summed E-state index contributed by atoms with van der Waals surface area (Å²) in [7, 11) is 0. The van der Waals surface area contributed by atoms with E-state index < -0.39 is 0 Å². The van der Waals surface area contributed by atoms with Crippen LogP contribution in [0.4, 0.5) is 0 Å². The molecular weight excluding hydrogens is 268 g/mol. The van der Waals surface area contributed by atoms with Crippen LogP contribution in [0.15, 0.2) is 12.1 Å². The molecule has 1 aliphatic rings. The van der Waals surface area contributed by atoms with Crippen molar-refractivity contribution in [1.29, 1.82) is 0 Å². The van der Waals surface area contributed by atoms with Crippen LogP contribution in [-0.2, 0) is 11.2 Å². The topological polar surface area (TPSA) is 68.4 Å². The van der Waals surface area contributed by atoms with Crippen LogP contribution in [-0.4, -0.2) is 65.9 Å². The molecule has 1 aliphatic heterocycles. The normalized spacial score (nSPS) is 16.0. The number of nitrogens with zero attached hydrogens (tertiary/aromatic N) is 2. The summed E-state index contributed by atoms with van der Waals surface area (Å²) in [5.41, 5.74) is 1.73. The summed E-state index contributed by atoms with van der Waals surface area (Å²) in [6.07, 6.45) is 0.896. The van der Waals surface area contributed by atoms with Crippen LogP contribution in [0.25, 0.3) is 0 Å². The van der Waals surface area contributed by atoms with Gasteiger partial charge in [-0.05, 0) is 25.5 Å². The van der Waals surface area contributed by atoms with Crippen LogP contribution in [0.2, 0.25) is 0 Å². The van der Waals surface area contributed by atoms with Gasteiger partial charge < -0.3 is 15.2 Å². The molecule has 0 radical (unpaired) electrons. The summed E-state index contributed by atoms with van der Waals surface area (Å²) < 4.78 is 0. The van der Waals surface area contributed by atoms with E-state index in [1.165, 1.54) is 0 Å². The van der Waals surface area contributed by atoms with E-state index in [1.807, 2.05) is 24.0 Å². The second-order valence-electron chi connectivity index (χ2n) is 5.27. The molecule has 1 aromatic heterocycles. The van der Waals surface area contributed by atoms with Crippen LogP contribution in [0.5, 0.6) is 0 Å². The Morgan fingerprint density at radius 3 is 2.48 bits per heavy atom. The zero-order valence-corrected chi connectivity index (χ0v) is 12.8. The molecule has 1 fully saturated rings. The van der Waals surface area contributed by atoms with E-state index in [-0.39, 0.29) is 11.8 Å². The molecule has 1 aromatic rings. The molecule has 0 spiro atoms. The van der Waals surface area contributed by atoms with E-state index in [1.54, 1.807) is 0 Å². The monoisotopic (exact) mass is 292 g/mol. The zero-order chi connectivity index (χ0) is 15.2. The first-order valence-corrected chi connectivity index (χ1v) is 7.60. The molecule has 0 aliphatic carbocycles. The molecule has 1 saturated heterocycles. The van der Waals surface area contributed by atoms with Crippen LogP contribution in [0.1, 0.15) is 30.0 Å². The molecule has 21 heavy (non-hydrogen) atoms. The highest BCUT2D eigenvalue weighted by atomic mass is 16.2. The highest BCUT2D eigenvalue weighted by Crippen LogP contribution is 2.09. The Morgan fingerprint density at radius 2 is 1.90 bits per heavy atom. The fourth-order valence-corrected chi connectivity index (χ4v) is 2.51. The van der Waals surface area contributed by atoms with E-state index in [9.17, 15) is 9.59 Å². The molecule has 0 saturated carbocycles. The van der Waals surface area contributed by atoms with Crippen molar-refractivity contribution < 1.29 is 9.59 Å². The molecule has 0 unspecified atom stereocenters. The lowest BCUT2D eigenvalue weighted by atomic mass is 10.2. The number of carbonyl (C=O) groups excluding carboxylic acids is 2. The number of amides is 2. The van der Waals surface area contributed by atoms with Gasteiger partial charge in [-0.15, -0.1) is 0 Å². The van der Waals surface area contributed by atoms with Crippen molar-refractivity contribution in [2.75, 3.05) is 39.3 Å². The van der Waals surface area contributed by atoms with Crippen molar-refractivity contribution in [3.05, 3.63) is 23.5 Å². The highest BCUT2D eigenvalue weighted by molar-refractivity contribution is 5.92. The van der Waals surface area contributed by atoms with Crippen LogP contribution < -0.4 is 5.32 Å². The van der Waals surface area contributed by atoms with Gasteiger partial charge in [-0.2, -0.15) is 0 Å². The third kappa shape index (κ3) is 4.07. The molecule has 116 valence electrons. The average Bonchev–Trinajstić information content (AvgIpc) is 2.96. The van der Waals surface area contributed by atoms with Gasteiger partial charge in [-0.25, -0.2) is 0 Å². The molecular formula is C15H24N4O2. The van der Waals surface area contributed by atoms with Crippen molar-refractivity contribution in [3.63, 3.8) is 0 Å². The minimum atomic E-state index is 0.0485. The number of aromatic amines is 1. The predicted octanol–water partition coefficient (Wildman–Crippen LogP) is 0.471. The first kappa shape index (κ1) is 15.6. The van der Waals surface area contributed by atoms with Gasteiger partial charge in [0.2, 0.25) is 5.91 Å². The lowest BCUT2D eigenvalue weighted by molar-refractivity contribution is -0.122. The van der Waals surface area contributed by atoms with Crippen molar-refractivity contribution in [2.24, 2.45) is 0 Å². The van der Waals surface area contributed by atoms with E-state index in [4.69, 9.17) is 0 Å².